The minimum atomic E-state index is -0.690. The molecule has 2 N–H and O–H groups in total. The fourth-order valence-corrected chi connectivity index (χ4v) is 3.58. The molecule has 0 aliphatic carbocycles. The van der Waals surface area contributed by atoms with Crippen LogP contribution in [0.5, 0.6) is 5.75 Å². The molecule has 2 aromatic carbocycles. The quantitative estimate of drug-likeness (QED) is 0.585. The summed E-state index contributed by atoms with van der Waals surface area (Å²) in [6.45, 7) is 7.39. The number of hydrogen-bond acceptors (Lipinski definition) is 4. The molecular formula is C22H27Cl2NO3. The largest absolute Gasteiger partial charge is 0.486 e. The Kier molecular flexibility index (Phi) is 7.76. The molecule has 4 nitrogen and oxygen atoms in total. The van der Waals surface area contributed by atoms with Crippen LogP contribution in [0.4, 0.5) is 0 Å². The lowest BCUT2D eigenvalue weighted by molar-refractivity contribution is -0.156. The van der Waals surface area contributed by atoms with E-state index in [9.17, 15) is 4.79 Å². The molecule has 2 unspecified atom stereocenters. The second-order valence-electron chi connectivity index (χ2n) is 7.51. The molecule has 28 heavy (non-hydrogen) atoms. The van der Waals surface area contributed by atoms with Crippen LogP contribution in [0.15, 0.2) is 48.5 Å². The van der Waals surface area contributed by atoms with E-state index >= 15 is 0 Å². The Morgan fingerprint density at radius 1 is 1.11 bits per heavy atom. The average Bonchev–Trinajstić information content (AvgIpc) is 2.62. The van der Waals surface area contributed by atoms with Crippen LogP contribution in [-0.4, -0.2) is 23.7 Å². The Morgan fingerprint density at radius 3 is 2.32 bits per heavy atom. The number of rotatable bonds is 8. The van der Waals surface area contributed by atoms with Gasteiger partial charge in [0.05, 0.1) is 5.02 Å². The number of hydrogen-bond donors (Lipinski definition) is 1. The van der Waals surface area contributed by atoms with Crippen molar-refractivity contribution in [1.29, 1.82) is 0 Å². The summed E-state index contributed by atoms with van der Waals surface area (Å²) < 4.78 is 11.9. The third-order valence-corrected chi connectivity index (χ3v) is 5.23. The fourth-order valence-electron chi connectivity index (χ4n) is 3.13. The van der Waals surface area contributed by atoms with Crippen LogP contribution >= 0.6 is 23.2 Å². The predicted molar refractivity (Wildman–Crippen MR) is 114 cm³/mol. The molecule has 0 bridgehead atoms. The summed E-state index contributed by atoms with van der Waals surface area (Å²) in [6.07, 6.45) is 0.242. The number of nitrogens with two attached hydrogens (primary N) is 1. The lowest BCUT2D eigenvalue weighted by atomic mass is 9.81. The molecule has 0 heterocycles. The van der Waals surface area contributed by atoms with Crippen molar-refractivity contribution in [2.45, 2.75) is 51.9 Å². The van der Waals surface area contributed by atoms with Gasteiger partial charge < -0.3 is 15.2 Å². The van der Waals surface area contributed by atoms with Gasteiger partial charge in [0.1, 0.15) is 23.5 Å². The van der Waals surface area contributed by atoms with Gasteiger partial charge in [-0.2, -0.15) is 0 Å². The molecule has 2 rings (SSSR count). The molecule has 0 aliphatic rings. The summed E-state index contributed by atoms with van der Waals surface area (Å²) in [5, 5.41) is 0.967. The van der Waals surface area contributed by atoms with E-state index in [4.69, 9.17) is 38.4 Å². The summed E-state index contributed by atoms with van der Waals surface area (Å²) in [4.78, 5) is 12.1. The summed E-state index contributed by atoms with van der Waals surface area (Å²) in [5.74, 6) is -0.0601. The van der Waals surface area contributed by atoms with Crippen molar-refractivity contribution in [2.24, 2.45) is 11.7 Å². The Bertz CT molecular complexity index is 794. The molecular weight excluding hydrogens is 397 g/mol. The first kappa shape index (κ1) is 22.5. The number of benzene rings is 2. The van der Waals surface area contributed by atoms with E-state index in [2.05, 4.69) is 0 Å². The molecule has 2 aromatic rings. The van der Waals surface area contributed by atoms with E-state index in [1.807, 2.05) is 51.1 Å². The SMILES string of the molecule is CC(OC(=O)[C@H](C)N)C(Cc1ccccc1)C(C)(C)Oc1ccc(Cl)cc1Cl. The first-order valence-corrected chi connectivity index (χ1v) is 10.00. The lowest BCUT2D eigenvalue weighted by Gasteiger charge is -2.38. The zero-order valence-corrected chi connectivity index (χ0v) is 18.1. The third kappa shape index (κ3) is 6.13. The second-order valence-corrected chi connectivity index (χ2v) is 8.35. The third-order valence-electron chi connectivity index (χ3n) is 4.70. The van der Waals surface area contributed by atoms with Gasteiger partial charge in [0, 0.05) is 10.9 Å². The van der Waals surface area contributed by atoms with Crippen molar-refractivity contribution in [3.8, 4) is 5.75 Å². The van der Waals surface area contributed by atoms with E-state index in [-0.39, 0.29) is 5.92 Å². The van der Waals surface area contributed by atoms with E-state index in [0.717, 1.165) is 5.56 Å². The van der Waals surface area contributed by atoms with Crippen LogP contribution < -0.4 is 10.5 Å². The number of carbonyl (C=O) groups excluding carboxylic acids is 1. The molecule has 0 saturated heterocycles. The van der Waals surface area contributed by atoms with Crippen LogP contribution in [-0.2, 0) is 16.0 Å². The topological polar surface area (TPSA) is 61.5 Å². The van der Waals surface area contributed by atoms with E-state index < -0.39 is 23.7 Å². The van der Waals surface area contributed by atoms with Gasteiger partial charge in [-0.1, -0.05) is 53.5 Å². The van der Waals surface area contributed by atoms with Crippen LogP contribution in [0.2, 0.25) is 10.0 Å². The van der Waals surface area contributed by atoms with Gasteiger partial charge in [0.25, 0.3) is 0 Å². The van der Waals surface area contributed by atoms with Crippen molar-refractivity contribution in [1.82, 2.24) is 0 Å². The smallest absolute Gasteiger partial charge is 0.322 e. The molecule has 0 aliphatic heterocycles. The van der Waals surface area contributed by atoms with Gasteiger partial charge >= 0.3 is 5.97 Å². The predicted octanol–water partition coefficient (Wildman–Crippen LogP) is 5.29. The minimum absolute atomic E-state index is 0.149. The molecule has 0 aromatic heterocycles. The van der Waals surface area contributed by atoms with Crippen molar-refractivity contribution < 1.29 is 14.3 Å². The van der Waals surface area contributed by atoms with Gasteiger partial charge in [-0.05, 0) is 57.9 Å². The Hall–Kier alpha value is -1.75. The first-order valence-electron chi connectivity index (χ1n) is 9.24. The van der Waals surface area contributed by atoms with Gasteiger partial charge in [0.2, 0.25) is 0 Å². The summed E-state index contributed by atoms with van der Waals surface area (Å²) >= 11 is 12.3. The van der Waals surface area contributed by atoms with E-state index in [1.54, 1.807) is 25.1 Å². The van der Waals surface area contributed by atoms with Gasteiger partial charge in [0.15, 0.2) is 0 Å². The molecule has 0 radical (unpaired) electrons. The number of esters is 1. The monoisotopic (exact) mass is 423 g/mol. The molecule has 3 atom stereocenters. The van der Waals surface area contributed by atoms with E-state index in [0.29, 0.717) is 22.2 Å². The van der Waals surface area contributed by atoms with Gasteiger partial charge in [-0.15, -0.1) is 0 Å². The van der Waals surface area contributed by atoms with Crippen LogP contribution in [0.1, 0.15) is 33.3 Å². The van der Waals surface area contributed by atoms with Crippen molar-refractivity contribution in [3.63, 3.8) is 0 Å². The van der Waals surface area contributed by atoms with Gasteiger partial charge in [-0.3, -0.25) is 4.79 Å². The standard InChI is InChI=1S/C22H27Cl2NO3/c1-14(25)21(26)27-15(2)18(12-16-8-6-5-7-9-16)22(3,4)28-20-11-10-17(23)13-19(20)24/h5-11,13-15,18H,12,25H2,1-4H3/t14-,15?,18?/m0/s1. The normalized spacial score (nSPS) is 14.8. The maximum absolute atomic E-state index is 12.1. The molecule has 6 heteroatoms. The highest BCUT2D eigenvalue weighted by Gasteiger charge is 2.38. The highest BCUT2D eigenvalue weighted by atomic mass is 35.5. The minimum Gasteiger partial charge on any atom is -0.486 e. The number of carbonyl (C=O) groups is 1. The van der Waals surface area contributed by atoms with E-state index in [1.165, 1.54) is 0 Å². The Balaban J connectivity index is 2.30. The zero-order valence-electron chi connectivity index (χ0n) is 16.6. The second kappa shape index (κ2) is 9.64. The molecule has 0 amide bonds. The molecule has 0 saturated carbocycles. The Morgan fingerprint density at radius 2 is 1.75 bits per heavy atom. The summed E-state index contributed by atoms with van der Waals surface area (Å²) in [5.41, 5.74) is 6.10. The Labute approximate surface area is 176 Å². The first-order chi connectivity index (χ1) is 13.1. The van der Waals surface area contributed by atoms with Crippen molar-refractivity contribution >= 4 is 29.2 Å². The van der Waals surface area contributed by atoms with Gasteiger partial charge in [-0.25, -0.2) is 0 Å². The zero-order chi connectivity index (χ0) is 20.9. The highest BCUT2D eigenvalue weighted by molar-refractivity contribution is 6.35. The maximum Gasteiger partial charge on any atom is 0.322 e. The van der Waals surface area contributed by atoms with Crippen molar-refractivity contribution in [2.75, 3.05) is 0 Å². The number of halogens is 2. The molecule has 0 fully saturated rings. The average molecular weight is 424 g/mol. The number of ether oxygens (including phenoxy) is 2. The fraction of sp³-hybridized carbons (Fsp3) is 0.409. The summed E-state index contributed by atoms with van der Waals surface area (Å²) in [6, 6.07) is 14.4. The highest BCUT2D eigenvalue weighted by Crippen LogP contribution is 2.35. The summed E-state index contributed by atoms with van der Waals surface area (Å²) in [7, 11) is 0. The van der Waals surface area contributed by atoms with Crippen LogP contribution in [0.25, 0.3) is 0 Å². The lowest BCUT2D eigenvalue weighted by Crippen LogP contribution is -2.47. The maximum atomic E-state index is 12.1. The van der Waals surface area contributed by atoms with Crippen LogP contribution in [0, 0.1) is 5.92 Å². The molecule has 0 spiro atoms. The van der Waals surface area contributed by atoms with Crippen LogP contribution in [0.3, 0.4) is 0 Å². The molecule has 152 valence electrons. The van der Waals surface area contributed by atoms with Crippen molar-refractivity contribution in [3.05, 3.63) is 64.1 Å².